The summed E-state index contributed by atoms with van der Waals surface area (Å²) in [6.07, 6.45) is 0. The minimum Gasteiger partial charge on any atom is -0.465 e. The van der Waals surface area contributed by atoms with Crippen LogP contribution in [0.25, 0.3) is 4.91 Å². The monoisotopic (exact) mass is 302 g/mol. The smallest absolute Gasteiger partial charge is 0.337 e. The Kier molecular flexibility index (Phi) is 4.23. The van der Waals surface area contributed by atoms with E-state index in [1.165, 1.54) is 43.5 Å². The molecular formula is C16H14O4S. The number of carbonyl (C=O) groups is 1. The van der Waals surface area contributed by atoms with E-state index in [0.29, 0.717) is 11.1 Å². The summed E-state index contributed by atoms with van der Waals surface area (Å²) < 4.78 is 29.4. The van der Waals surface area contributed by atoms with Gasteiger partial charge in [0.05, 0.1) is 22.5 Å². The molecule has 2 rings (SSSR count). The highest BCUT2D eigenvalue weighted by molar-refractivity contribution is 8.00. The second-order valence-electron chi connectivity index (χ2n) is 4.31. The largest absolute Gasteiger partial charge is 0.465 e. The number of methoxy groups -OCH3 is 1. The molecule has 0 unspecified atom stereocenters. The zero-order chi connectivity index (χ0) is 15.5. The maximum Gasteiger partial charge on any atom is 0.337 e. The van der Waals surface area contributed by atoms with Crippen molar-refractivity contribution in [2.75, 3.05) is 7.11 Å². The molecule has 5 heteroatoms. The first-order chi connectivity index (χ1) is 9.96. The highest BCUT2D eigenvalue weighted by Crippen LogP contribution is 2.26. The van der Waals surface area contributed by atoms with E-state index < -0.39 is 15.8 Å². The Morgan fingerprint density at radius 3 is 2.00 bits per heavy atom. The van der Waals surface area contributed by atoms with Crippen LogP contribution in [0.4, 0.5) is 0 Å². The highest BCUT2D eigenvalue weighted by Gasteiger charge is 2.20. The van der Waals surface area contributed by atoms with Gasteiger partial charge in [-0.1, -0.05) is 36.9 Å². The Balaban J connectivity index is 2.34. The van der Waals surface area contributed by atoms with E-state index in [0.717, 1.165) is 0 Å². The molecule has 108 valence electrons. The van der Waals surface area contributed by atoms with Gasteiger partial charge in [0.1, 0.15) is 0 Å². The zero-order valence-electron chi connectivity index (χ0n) is 11.4. The van der Waals surface area contributed by atoms with E-state index in [9.17, 15) is 13.2 Å². The molecule has 2 aromatic carbocycles. The first-order valence-electron chi connectivity index (χ1n) is 6.14. The molecule has 0 fully saturated rings. The van der Waals surface area contributed by atoms with E-state index >= 15 is 0 Å². The molecule has 0 aromatic heterocycles. The van der Waals surface area contributed by atoms with Crippen molar-refractivity contribution in [1.82, 2.24) is 0 Å². The van der Waals surface area contributed by atoms with Gasteiger partial charge >= 0.3 is 5.97 Å². The Hall–Kier alpha value is -2.40. The van der Waals surface area contributed by atoms with Crippen LogP contribution in [0.3, 0.4) is 0 Å². The number of ether oxygens (including phenoxy) is 1. The van der Waals surface area contributed by atoms with E-state index in [1.807, 2.05) is 0 Å². The molecule has 0 saturated heterocycles. The summed E-state index contributed by atoms with van der Waals surface area (Å²) in [5.74, 6) is -0.474. The van der Waals surface area contributed by atoms with Gasteiger partial charge in [-0.25, -0.2) is 13.2 Å². The minimum absolute atomic E-state index is 0.00915. The standard InChI is InChI=1S/C16H14O4S/c1-12(21(18,19)15-6-4-3-5-7-15)13-8-10-14(11-9-13)16(17)20-2/h3-11H,1H2,2H3. The van der Waals surface area contributed by atoms with Crippen LogP contribution in [0.5, 0.6) is 0 Å². The molecule has 0 aliphatic rings. The minimum atomic E-state index is -3.64. The van der Waals surface area contributed by atoms with Gasteiger partial charge in [-0.05, 0) is 29.8 Å². The Labute approximate surface area is 123 Å². The molecule has 0 spiro atoms. The second-order valence-corrected chi connectivity index (χ2v) is 6.28. The molecule has 4 nitrogen and oxygen atoms in total. The van der Waals surface area contributed by atoms with E-state index in [2.05, 4.69) is 11.3 Å². The maximum atomic E-state index is 12.4. The summed E-state index contributed by atoms with van der Waals surface area (Å²) in [6, 6.07) is 14.2. The number of esters is 1. The van der Waals surface area contributed by atoms with Crippen molar-refractivity contribution < 1.29 is 17.9 Å². The quantitative estimate of drug-likeness (QED) is 0.815. The van der Waals surface area contributed by atoms with Crippen LogP contribution in [0.1, 0.15) is 15.9 Å². The fourth-order valence-corrected chi connectivity index (χ4v) is 3.05. The summed E-state index contributed by atoms with van der Waals surface area (Å²) in [4.78, 5) is 11.5. The number of rotatable bonds is 4. The van der Waals surface area contributed by atoms with E-state index in [1.54, 1.807) is 18.2 Å². The van der Waals surface area contributed by atoms with Crippen LogP contribution in [0.2, 0.25) is 0 Å². The molecule has 0 atom stereocenters. The van der Waals surface area contributed by atoms with Crippen LogP contribution < -0.4 is 0 Å². The third-order valence-corrected chi connectivity index (χ3v) is 4.78. The highest BCUT2D eigenvalue weighted by atomic mass is 32.2. The molecule has 0 N–H and O–H groups in total. The molecule has 0 amide bonds. The molecule has 0 bridgehead atoms. The molecule has 0 radical (unpaired) electrons. The third-order valence-electron chi connectivity index (χ3n) is 3.01. The maximum absolute atomic E-state index is 12.4. The molecule has 21 heavy (non-hydrogen) atoms. The number of hydrogen-bond donors (Lipinski definition) is 0. The Bertz CT molecular complexity index is 760. The van der Waals surface area contributed by atoms with Crippen molar-refractivity contribution in [1.29, 1.82) is 0 Å². The fourth-order valence-electron chi connectivity index (χ4n) is 1.81. The fraction of sp³-hybridized carbons (Fsp3) is 0.0625. The molecule has 0 saturated carbocycles. The van der Waals surface area contributed by atoms with Gasteiger partial charge in [-0.15, -0.1) is 0 Å². The average molecular weight is 302 g/mol. The summed E-state index contributed by atoms with van der Waals surface area (Å²) in [5, 5.41) is 0. The summed E-state index contributed by atoms with van der Waals surface area (Å²) in [7, 11) is -2.35. The van der Waals surface area contributed by atoms with Gasteiger partial charge in [0.15, 0.2) is 0 Å². The summed E-state index contributed by atoms with van der Waals surface area (Å²) in [5.41, 5.74) is 0.790. The number of benzene rings is 2. The number of hydrogen-bond acceptors (Lipinski definition) is 4. The van der Waals surface area contributed by atoms with Gasteiger partial charge in [0, 0.05) is 0 Å². The predicted octanol–water partition coefficient (Wildman–Crippen LogP) is 2.92. The Morgan fingerprint density at radius 2 is 1.48 bits per heavy atom. The van der Waals surface area contributed by atoms with Crippen molar-refractivity contribution in [3.63, 3.8) is 0 Å². The Morgan fingerprint density at radius 1 is 0.952 bits per heavy atom. The number of sulfone groups is 1. The lowest BCUT2D eigenvalue weighted by Crippen LogP contribution is -2.04. The van der Waals surface area contributed by atoms with Gasteiger partial charge in [-0.2, -0.15) is 0 Å². The average Bonchev–Trinajstić information content (AvgIpc) is 2.54. The lowest BCUT2D eigenvalue weighted by molar-refractivity contribution is 0.0600. The van der Waals surface area contributed by atoms with Crippen molar-refractivity contribution in [2.45, 2.75) is 4.90 Å². The van der Waals surface area contributed by atoms with Crippen molar-refractivity contribution >= 4 is 20.7 Å². The number of carbonyl (C=O) groups excluding carboxylic acids is 1. The lowest BCUT2D eigenvalue weighted by atomic mass is 10.1. The van der Waals surface area contributed by atoms with Gasteiger partial charge in [0.25, 0.3) is 0 Å². The van der Waals surface area contributed by atoms with Crippen molar-refractivity contribution in [2.24, 2.45) is 0 Å². The van der Waals surface area contributed by atoms with Crippen LogP contribution >= 0.6 is 0 Å². The molecule has 0 heterocycles. The molecular weight excluding hydrogens is 288 g/mol. The lowest BCUT2D eigenvalue weighted by Gasteiger charge is -2.08. The first kappa shape index (κ1) is 15.0. The second kappa shape index (κ2) is 5.93. The summed E-state index contributed by atoms with van der Waals surface area (Å²) >= 11 is 0. The van der Waals surface area contributed by atoms with Gasteiger partial charge in [-0.3, -0.25) is 0 Å². The zero-order valence-corrected chi connectivity index (χ0v) is 12.3. The van der Waals surface area contributed by atoms with Gasteiger partial charge in [0.2, 0.25) is 9.84 Å². The van der Waals surface area contributed by atoms with Crippen LogP contribution in [0, 0.1) is 0 Å². The predicted molar refractivity (Wildman–Crippen MR) is 80.4 cm³/mol. The first-order valence-corrected chi connectivity index (χ1v) is 7.63. The van der Waals surface area contributed by atoms with E-state index in [4.69, 9.17) is 0 Å². The molecule has 0 aliphatic heterocycles. The topological polar surface area (TPSA) is 60.4 Å². The summed E-state index contributed by atoms with van der Waals surface area (Å²) in [6.45, 7) is 3.66. The van der Waals surface area contributed by atoms with E-state index in [-0.39, 0.29) is 9.80 Å². The van der Waals surface area contributed by atoms with Crippen LogP contribution in [-0.2, 0) is 14.6 Å². The third kappa shape index (κ3) is 3.03. The van der Waals surface area contributed by atoms with Gasteiger partial charge < -0.3 is 4.74 Å². The van der Waals surface area contributed by atoms with Crippen LogP contribution in [0.15, 0.2) is 66.1 Å². The SMILES string of the molecule is C=C(c1ccc(C(=O)OC)cc1)S(=O)(=O)c1ccccc1. The molecule has 0 aliphatic carbocycles. The molecule has 2 aromatic rings. The normalized spacial score (nSPS) is 10.9. The van der Waals surface area contributed by atoms with Crippen molar-refractivity contribution in [3.8, 4) is 0 Å². The van der Waals surface area contributed by atoms with Crippen molar-refractivity contribution in [3.05, 3.63) is 72.3 Å². The van der Waals surface area contributed by atoms with Crippen LogP contribution in [-0.4, -0.2) is 21.5 Å².